The molecule has 3 rings (SSSR count). The fraction of sp³-hybridized carbons (Fsp3) is 0.300. The van der Waals surface area contributed by atoms with Gasteiger partial charge in [0.05, 0.1) is 25.6 Å². The number of carboxylic acids is 1. The Morgan fingerprint density at radius 2 is 1.64 bits per heavy atom. The van der Waals surface area contributed by atoms with Gasteiger partial charge in [-0.2, -0.15) is 0 Å². The Kier molecular flexibility index (Phi) is 10.9. The fourth-order valence-electron chi connectivity index (χ4n) is 4.06. The van der Waals surface area contributed by atoms with Gasteiger partial charge in [0.15, 0.2) is 0 Å². The van der Waals surface area contributed by atoms with Crippen LogP contribution in [0.1, 0.15) is 48.9 Å². The lowest BCUT2D eigenvalue weighted by Gasteiger charge is -2.18. The van der Waals surface area contributed by atoms with Crippen molar-refractivity contribution in [1.82, 2.24) is 5.32 Å². The van der Waals surface area contributed by atoms with E-state index in [9.17, 15) is 19.5 Å². The van der Waals surface area contributed by atoms with Crippen LogP contribution in [0.2, 0.25) is 0 Å². The van der Waals surface area contributed by atoms with Crippen LogP contribution in [-0.4, -0.2) is 36.7 Å². The van der Waals surface area contributed by atoms with E-state index in [1.54, 1.807) is 30.3 Å². The molecule has 0 aliphatic carbocycles. The molecule has 0 aliphatic heterocycles. The number of carbonyl (C=O) groups excluding carboxylic acids is 2. The van der Waals surface area contributed by atoms with Gasteiger partial charge < -0.3 is 31.1 Å². The highest BCUT2D eigenvalue weighted by molar-refractivity contribution is 6.01. The molecule has 206 valence electrons. The van der Waals surface area contributed by atoms with Gasteiger partial charge in [-0.1, -0.05) is 49.7 Å². The topological polar surface area (TPSA) is 129 Å². The molecule has 0 saturated heterocycles. The molecule has 0 spiro atoms. The minimum Gasteiger partial charge on any atom is -0.495 e. The van der Waals surface area contributed by atoms with Crippen LogP contribution in [0.15, 0.2) is 66.7 Å². The van der Waals surface area contributed by atoms with E-state index in [-0.39, 0.29) is 24.8 Å². The summed E-state index contributed by atoms with van der Waals surface area (Å²) >= 11 is 0. The second-order valence-electron chi connectivity index (χ2n) is 9.23. The Morgan fingerprint density at radius 3 is 2.31 bits per heavy atom. The van der Waals surface area contributed by atoms with Crippen LogP contribution in [0.25, 0.3) is 0 Å². The normalized spacial score (nSPS) is 11.4. The van der Waals surface area contributed by atoms with Crippen LogP contribution in [0.5, 0.6) is 5.75 Å². The number of amides is 3. The van der Waals surface area contributed by atoms with Gasteiger partial charge in [-0.25, -0.2) is 4.79 Å². The van der Waals surface area contributed by atoms with Crippen molar-refractivity contribution in [3.8, 4) is 5.75 Å². The molecule has 39 heavy (non-hydrogen) atoms. The minimum absolute atomic E-state index is 0.0182. The summed E-state index contributed by atoms with van der Waals surface area (Å²) in [5, 5.41) is 21.0. The fourth-order valence-corrected chi connectivity index (χ4v) is 4.06. The van der Waals surface area contributed by atoms with Crippen LogP contribution in [-0.2, 0) is 16.0 Å². The number of aryl methyl sites for hydroxylation is 1. The summed E-state index contributed by atoms with van der Waals surface area (Å²) in [7, 11) is 1.50. The number of urea groups is 1. The molecule has 9 nitrogen and oxygen atoms in total. The van der Waals surface area contributed by atoms with Crippen molar-refractivity contribution < 1.29 is 24.2 Å². The van der Waals surface area contributed by atoms with Gasteiger partial charge in [0.25, 0.3) is 0 Å². The lowest BCUT2D eigenvalue weighted by atomic mass is 10.0. The highest BCUT2D eigenvalue weighted by Crippen LogP contribution is 2.27. The third-order valence-electron chi connectivity index (χ3n) is 6.17. The van der Waals surface area contributed by atoms with Gasteiger partial charge in [-0.3, -0.25) is 9.59 Å². The number of unbranched alkanes of at least 4 members (excludes halogenated alkanes) is 1. The largest absolute Gasteiger partial charge is 0.495 e. The summed E-state index contributed by atoms with van der Waals surface area (Å²) in [6.07, 6.45) is 2.07. The van der Waals surface area contributed by atoms with Gasteiger partial charge in [0, 0.05) is 17.4 Å². The number of anilines is 3. The van der Waals surface area contributed by atoms with Gasteiger partial charge in [-0.15, -0.1) is 0 Å². The number of ether oxygens (including phenoxy) is 1. The number of nitrogens with one attached hydrogen (secondary N) is 4. The molecule has 0 aromatic heterocycles. The van der Waals surface area contributed by atoms with Crippen molar-refractivity contribution in [2.45, 2.75) is 45.6 Å². The van der Waals surface area contributed by atoms with E-state index in [0.717, 1.165) is 30.5 Å². The molecular weight excluding hydrogens is 496 g/mol. The average Bonchev–Trinajstić information content (AvgIpc) is 2.90. The van der Waals surface area contributed by atoms with Gasteiger partial charge in [0.2, 0.25) is 5.91 Å². The highest BCUT2D eigenvalue weighted by Gasteiger charge is 2.16. The maximum Gasteiger partial charge on any atom is 0.323 e. The zero-order valence-electron chi connectivity index (χ0n) is 22.5. The van der Waals surface area contributed by atoms with E-state index in [0.29, 0.717) is 28.4 Å². The van der Waals surface area contributed by atoms with Gasteiger partial charge in [0.1, 0.15) is 5.75 Å². The Hall–Kier alpha value is -4.37. The van der Waals surface area contributed by atoms with Gasteiger partial charge >= 0.3 is 12.0 Å². The molecule has 3 aromatic carbocycles. The molecule has 0 bridgehead atoms. The molecule has 5 N–H and O–H groups in total. The molecule has 0 heterocycles. The predicted molar refractivity (Wildman–Crippen MR) is 153 cm³/mol. The third-order valence-corrected chi connectivity index (χ3v) is 6.17. The molecule has 3 aromatic rings. The van der Waals surface area contributed by atoms with Crippen molar-refractivity contribution in [2.24, 2.45) is 0 Å². The van der Waals surface area contributed by atoms with Crippen molar-refractivity contribution >= 4 is 35.0 Å². The lowest BCUT2D eigenvalue weighted by Crippen LogP contribution is -2.25. The zero-order valence-corrected chi connectivity index (χ0v) is 22.5. The summed E-state index contributed by atoms with van der Waals surface area (Å²) in [5.41, 5.74) is 4.31. The van der Waals surface area contributed by atoms with Crippen molar-refractivity contribution in [3.63, 3.8) is 0 Å². The van der Waals surface area contributed by atoms with E-state index in [2.05, 4.69) is 28.2 Å². The van der Waals surface area contributed by atoms with Crippen LogP contribution in [0, 0.1) is 6.92 Å². The monoisotopic (exact) mass is 532 g/mol. The molecule has 0 radical (unpaired) electrons. The number of rotatable bonds is 13. The number of methoxy groups -OCH3 is 1. The molecule has 0 fully saturated rings. The quantitative estimate of drug-likeness (QED) is 0.179. The smallest absolute Gasteiger partial charge is 0.323 e. The number of aliphatic carboxylic acids is 1. The molecule has 3 amide bonds. The maximum atomic E-state index is 12.7. The van der Waals surface area contributed by atoms with E-state index in [1.807, 2.05) is 43.3 Å². The highest BCUT2D eigenvalue weighted by atomic mass is 16.5. The van der Waals surface area contributed by atoms with Crippen LogP contribution in [0.3, 0.4) is 0 Å². The first kappa shape index (κ1) is 29.2. The molecule has 0 saturated carbocycles. The molecular formula is C30H36N4O5. The van der Waals surface area contributed by atoms with Crippen LogP contribution < -0.4 is 26.0 Å². The summed E-state index contributed by atoms with van der Waals surface area (Å²) in [4.78, 5) is 36.5. The summed E-state index contributed by atoms with van der Waals surface area (Å²) in [6.45, 7) is 4.73. The zero-order chi connectivity index (χ0) is 28.2. The Bertz CT molecular complexity index is 1280. The van der Waals surface area contributed by atoms with E-state index < -0.39 is 12.0 Å². The summed E-state index contributed by atoms with van der Waals surface area (Å²) in [5.74, 6) is -0.652. The van der Waals surface area contributed by atoms with Crippen LogP contribution >= 0.6 is 0 Å². The van der Waals surface area contributed by atoms with Crippen molar-refractivity contribution in [2.75, 3.05) is 29.6 Å². The summed E-state index contributed by atoms with van der Waals surface area (Å²) in [6, 6.07) is 19.1. The second kappa shape index (κ2) is 14.5. The molecule has 0 aliphatic rings. The number of hydrogen-bond acceptors (Lipinski definition) is 5. The first-order valence-corrected chi connectivity index (χ1v) is 12.9. The molecule has 1 unspecified atom stereocenters. The number of carboxylic acid groups (broad SMARTS) is 1. The Labute approximate surface area is 229 Å². The first-order chi connectivity index (χ1) is 18.8. The van der Waals surface area contributed by atoms with Crippen LogP contribution in [0.4, 0.5) is 21.9 Å². The molecule has 9 heteroatoms. The Morgan fingerprint density at radius 1 is 0.923 bits per heavy atom. The van der Waals surface area contributed by atoms with E-state index >= 15 is 0 Å². The predicted octanol–water partition coefficient (Wildman–Crippen LogP) is 5.73. The van der Waals surface area contributed by atoms with E-state index in [4.69, 9.17) is 4.74 Å². The lowest BCUT2D eigenvalue weighted by molar-refractivity contribution is -0.137. The number of carbonyl (C=O) groups is 3. The number of para-hydroxylation sites is 1. The maximum absolute atomic E-state index is 12.7. The Balaban J connectivity index is 1.59. The average molecular weight is 533 g/mol. The van der Waals surface area contributed by atoms with Crippen molar-refractivity contribution in [1.29, 1.82) is 0 Å². The van der Waals surface area contributed by atoms with Gasteiger partial charge in [-0.05, 0) is 66.9 Å². The standard InChI is InChI=1S/C30H36N4O5/c1-4-5-16-31-26(19-29(36)37)22-11-13-23(14-12-22)32-28(35)18-21-10-15-25(27(17-21)39-3)34-30(38)33-24-9-7-6-8-20(24)2/h6-15,17,26,31H,4-5,16,18-19H2,1-3H3,(H,32,35)(H,36,37)(H2,33,34,38). The molecule has 1 atom stereocenters. The number of hydrogen-bond donors (Lipinski definition) is 5. The first-order valence-electron chi connectivity index (χ1n) is 12.9. The SMILES string of the molecule is CCCCNC(CC(=O)O)c1ccc(NC(=O)Cc2ccc(NC(=O)Nc3ccccc3C)c(OC)c2)cc1. The summed E-state index contributed by atoms with van der Waals surface area (Å²) < 4.78 is 5.44. The minimum atomic E-state index is -0.870. The number of benzene rings is 3. The second-order valence-corrected chi connectivity index (χ2v) is 9.23. The van der Waals surface area contributed by atoms with Crippen molar-refractivity contribution in [3.05, 3.63) is 83.4 Å². The third kappa shape index (κ3) is 9.15. The van der Waals surface area contributed by atoms with E-state index in [1.165, 1.54) is 7.11 Å².